The standard InChI is InChI=1S/C16H16FN/c1-11-6-7-15(17)14(10-11)16(18)9-8-12-4-2-3-5-13(12)16/h2-7,10H,8-9,18H2,1H3. The molecule has 0 bridgehead atoms. The molecular formula is C16H16FN. The SMILES string of the molecule is Cc1ccc(F)c(C2(N)CCc3ccccc32)c1. The summed E-state index contributed by atoms with van der Waals surface area (Å²) >= 11 is 0. The van der Waals surface area contributed by atoms with E-state index in [1.807, 2.05) is 31.2 Å². The van der Waals surface area contributed by atoms with E-state index in [2.05, 4.69) is 6.07 Å². The number of rotatable bonds is 1. The van der Waals surface area contributed by atoms with Crippen molar-refractivity contribution in [2.24, 2.45) is 5.73 Å². The van der Waals surface area contributed by atoms with Gasteiger partial charge in [0, 0.05) is 5.56 Å². The lowest BCUT2D eigenvalue weighted by molar-refractivity contribution is 0.490. The fraction of sp³-hybridized carbons (Fsp3) is 0.250. The van der Waals surface area contributed by atoms with Gasteiger partial charge < -0.3 is 5.73 Å². The second-order valence-electron chi connectivity index (χ2n) is 5.11. The van der Waals surface area contributed by atoms with Gasteiger partial charge in [-0.25, -0.2) is 4.39 Å². The monoisotopic (exact) mass is 241 g/mol. The highest BCUT2D eigenvalue weighted by Gasteiger charge is 2.38. The molecule has 0 saturated heterocycles. The first-order valence-corrected chi connectivity index (χ1v) is 6.25. The second-order valence-corrected chi connectivity index (χ2v) is 5.11. The molecule has 1 nitrogen and oxygen atoms in total. The summed E-state index contributed by atoms with van der Waals surface area (Å²) in [7, 11) is 0. The smallest absolute Gasteiger partial charge is 0.128 e. The average Bonchev–Trinajstić information content (AvgIpc) is 2.72. The van der Waals surface area contributed by atoms with Crippen molar-refractivity contribution in [1.29, 1.82) is 0 Å². The number of hydrogen-bond donors (Lipinski definition) is 1. The van der Waals surface area contributed by atoms with Gasteiger partial charge in [-0.05, 0) is 37.0 Å². The molecule has 0 saturated carbocycles. The van der Waals surface area contributed by atoms with Crippen LogP contribution in [-0.2, 0) is 12.0 Å². The zero-order valence-electron chi connectivity index (χ0n) is 10.4. The number of halogens is 1. The van der Waals surface area contributed by atoms with Gasteiger partial charge in [-0.1, -0.05) is 42.0 Å². The van der Waals surface area contributed by atoms with Crippen LogP contribution in [0, 0.1) is 12.7 Å². The fourth-order valence-electron chi connectivity index (χ4n) is 2.90. The first kappa shape index (κ1) is 11.4. The van der Waals surface area contributed by atoms with Gasteiger partial charge in [0.25, 0.3) is 0 Å². The summed E-state index contributed by atoms with van der Waals surface area (Å²) in [6.45, 7) is 1.97. The van der Waals surface area contributed by atoms with Crippen LogP contribution in [-0.4, -0.2) is 0 Å². The van der Waals surface area contributed by atoms with Gasteiger partial charge in [0.05, 0.1) is 5.54 Å². The zero-order valence-corrected chi connectivity index (χ0v) is 10.4. The van der Waals surface area contributed by atoms with Crippen LogP contribution in [0.15, 0.2) is 42.5 Å². The number of aryl methyl sites for hydroxylation is 2. The summed E-state index contributed by atoms with van der Waals surface area (Å²) in [6, 6.07) is 13.2. The van der Waals surface area contributed by atoms with Gasteiger partial charge in [0.15, 0.2) is 0 Å². The molecule has 92 valence electrons. The summed E-state index contributed by atoms with van der Waals surface area (Å²) < 4.78 is 14.1. The van der Waals surface area contributed by atoms with E-state index < -0.39 is 5.54 Å². The maximum Gasteiger partial charge on any atom is 0.128 e. The third-order valence-corrected chi connectivity index (χ3v) is 3.89. The second kappa shape index (κ2) is 3.92. The van der Waals surface area contributed by atoms with E-state index in [4.69, 9.17) is 5.73 Å². The van der Waals surface area contributed by atoms with E-state index in [0.717, 1.165) is 24.0 Å². The Kier molecular flexibility index (Phi) is 2.49. The first-order valence-electron chi connectivity index (χ1n) is 6.25. The average molecular weight is 241 g/mol. The van der Waals surface area contributed by atoms with Gasteiger partial charge in [-0.2, -0.15) is 0 Å². The van der Waals surface area contributed by atoms with Crippen LogP contribution in [0.2, 0.25) is 0 Å². The molecular weight excluding hydrogens is 225 g/mol. The van der Waals surface area contributed by atoms with Crippen molar-refractivity contribution >= 4 is 0 Å². The fourth-order valence-corrected chi connectivity index (χ4v) is 2.90. The number of nitrogens with two attached hydrogens (primary N) is 1. The van der Waals surface area contributed by atoms with Gasteiger partial charge in [-0.3, -0.25) is 0 Å². The van der Waals surface area contributed by atoms with Gasteiger partial charge in [-0.15, -0.1) is 0 Å². The summed E-state index contributed by atoms with van der Waals surface area (Å²) in [5.74, 6) is -0.209. The van der Waals surface area contributed by atoms with Crippen LogP contribution < -0.4 is 5.73 Å². The van der Waals surface area contributed by atoms with Gasteiger partial charge >= 0.3 is 0 Å². The Morgan fingerprint density at radius 1 is 1.11 bits per heavy atom. The van der Waals surface area contributed by atoms with Crippen molar-refractivity contribution in [3.8, 4) is 0 Å². The summed E-state index contributed by atoms with van der Waals surface area (Å²) in [6.07, 6.45) is 1.69. The van der Waals surface area contributed by atoms with E-state index in [1.54, 1.807) is 6.07 Å². The van der Waals surface area contributed by atoms with E-state index in [9.17, 15) is 4.39 Å². The molecule has 1 unspecified atom stereocenters. The van der Waals surface area contributed by atoms with Crippen LogP contribution >= 0.6 is 0 Å². The highest BCUT2D eigenvalue weighted by Crippen LogP contribution is 2.40. The molecule has 0 aromatic heterocycles. The Morgan fingerprint density at radius 2 is 1.89 bits per heavy atom. The van der Waals surface area contributed by atoms with Crippen LogP contribution in [0.25, 0.3) is 0 Å². The molecule has 0 heterocycles. The number of hydrogen-bond acceptors (Lipinski definition) is 1. The molecule has 1 atom stereocenters. The number of benzene rings is 2. The molecule has 2 heteroatoms. The Labute approximate surface area is 106 Å². The van der Waals surface area contributed by atoms with Crippen molar-refractivity contribution in [1.82, 2.24) is 0 Å². The Morgan fingerprint density at radius 3 is 2.72 bits per heavy atom. The van der Waals surface area contributed by atoms with Crippen LogP contribution in [0.5, 0.6) is 0 Å². The highest BCUT2D eigenvalue weighted by atomic mass is 19.1. The predicted molar refractivity (Wildman–Crippen MR) is 70.9 cm³/mol. The number of fused-ring (bicyclic) bond motifs is 1. The van der Waals surface area contributed by atoms with Crippen molar-refractivity contribution in [3.05, 3.63) is 70.5 Å². The molecule has 0 aliphatic heterocycles. The van der Waals surface area contributed by atoms with Crippen LogP contribution in [0.3, 0.4) is 0 Å². The van der Waals surface area contributed by atoms with Crippen molar-refractivity contribution in [2.75, 3.05) is 0 Å². The molecule has 18 heavy (non-hydrogen) atoms. The maximum atomic E-state index is 14.1. The normalized spacial score (nSPS) is 21.9. The third-order valence-electron chi connectivity index (χ3n) is 3.89. The maximum absolute atomic E-state index is 14.1. The summed E-state index contributed by atoms with van der Waals surface area (Å²) in [5.41, 5.74) is 9.81. The molecule has 1 aliphatic carbocycles. The Bertz CT molecular complexity index is 606. The molecule has 2 N–H and O–H groups in total. The quantitative estimate of drug-likeness (QED) is 0.814. The minimum Gasteiger partial charge on any atom is -0.318 e. The minimum atomic E-state index is -0.674. The first-order chi connectivity index (χ1) is 8.61. The lowest BCUT2D eigenvalue weighted by Gasteiger charge is -2.27. The Balaban J connectivity index is 2.20. The molecule has 0 amide bonds. The molecule has 0 fully saturated rings. The van der Waals surface area contributed by atoms with Gasteiger partial charge in [0.2, 0.25) is 0 Å². The molecule has 1 aliphatic rings. The molecule has 2 aromatic rings. The minimum absolute atomic E-state index is 0.209. The predicted octanol–water partition coefficient (Wildman–Crippen LogP) is 3.28. The van der Waals surface area contributed by atoms with Crippen molar-refractivity contribution in [3.63, 3.8) is 0 Å². The van der Waals surface area contributed by atoms with E-state index in [1.165, 1.54) is 11.6 Å². The van der Waals surface area contributed by atoms with Crippen molar-refractivity contribution < 1.29 is 4.39 Å². The van der Waals surface area contributed by atoms with Gasteiger partial charge in [0.1, 0.15) is 5.82 Å². The molecule has 0 spiro atoms. The molecule has 3 rings (SSSR count). The lowest BCUT2D eigenvalue weighted by atomic mass is 9.84. The van der Waals surface area contributed by atoms with Crippen molar-refractivity contribution in [2.45, 2.75) is 25.3 Å². The molecule has 2 aromatic carbocycles. The highest BCUT2D eigenvalue weighted by molar-refractivity contribution is 5.47. The zero-order chi connectivity index (χ0) is 12.8. The van der Waals surface area contributed by atoms with E-state index in [-0.39, 0.29) is 5.82 Å². The largest absolute Gasteiger partial charge is 0.318 e. The van der Waals surface area contributed by atoms with Crippen LogP contribution in [0.4, 0.5) is 4.39 Å². The summed E-state index contributed by atoms with van der Waals surface area (Å²) in [4.78, 5) is 0. The molecule has 0 radical (unpaired) electrons. The Hall–Kier alpha value is -1.67. The van der Waals surface area contributed by atoms with E-state index >= 15 is 0 Å². The van der Waals surface area contributed by atoms with Crippen LogP contribution in [0.1, 0.15) is 28.7 Å². The van der Waals surface area contributed by atoms with E-state index in [0.29, 0.717) is 5.56 Å². The topological polar surface area (TPSA) is 26.0 Å². The lowest BCUT2D eigenvalue weighted by Crippen LogP contribution is -2.36. The third kappa shape index (κ3) is 1.57. The summed E-state index contributed by atoms with van der Waals surface area (Å²) in [5, 5.41) is 0.